The Morgan fingerprint density at radius 3 is 2.81 bits per heavy atom. The molecule has 0 aromatic heterocycles. The van der Waals surface area contributed by atoms with E-state index in [1.165, 1.54) is 4.90 Å². The lowest BCUT2D eigenvalue weighted by atomic mass is 9.98. The van der Waals surface area contributed by atoms with Crippen molar-refractivity contribution in [3.8, 4) is 5.75 Å². The number of carboxylic acid groups (broad SMARTS) is 1. The van der Waals surface area contributed by atoms with E-state index >= 15 is 0 Å². The minimum Gasteiger partial charge on any atom is -0.497 e. The van der Waals surface area contributed by atoms with Crippen molar-refractivity contribution >= 4 is 17.8 Å². The highest BCUT2D eigenvalue weighted by molar-refractivity contribution is 5.85. The van der Waals surface area contributed by atoms with Crippen molar-refractivity contribution in [1.82, 2.24) is 9.80 Å². The van der Waals surface area contributed by atoms with Crippen LogP contribution in [0.4, 0.5) is 0 Å². The minimum atomic E-state index is -0.870. The van der Waals surface area contributed by atoms with E-state index < -0.39 is 11.9 Å². The molecule has 1 aliphatic heterocycles. The van der Waals surface area contributed by atoms with Crippen LogP contribution in [0, 0.1) is 5.92 Å². The zero-order valence-electron chi connectivity index (χ0n) is 15.3. The predicted molar refractivity (Wildman–Crippen MR) is 95.9 cm³/mol. The number of methoxy groups -OCH3 is 1. The number of benzene rings is 1. The SMILES string of the molecule is COc1cccc(CCC(=O)N(C)CC(=O)N2CCCC(C(=O)O)C2)c1. The highest BCUT2D eigenvalue weighted by atomic mass is 16.5. The minimum absolute atomic E-state index is 0.0245. The van der Waals surface area contributed by atoms with Crippen molar-refractivity contribution < 1.29 is 24.2 Å². The molecule has 1 aromatic rings. The van der Waals surface area contributed by atoms with Gasteiger partial charge in [0.25, 0.3) is 0 Å². The number of ether oxygens (including phenoxy) is 1. The van der Waals surface area contributed by atoms with Gasteiger partial charge in [-0.25, -0.2) is 0 Å². The first-order valence-electron chi connectivity index (χ1n) is 8.78. The van der Waals surface area contributed by atoms with E-state index in [2.05, 4.69) is 0 Å². The highest BCUT2D eigenvalue weighted by Gasteiger charge is 2.28. The number of piperidine rings is 1. The van der Waals surface area contributed by atoms with Gasteiger partial charge in [-0.2, -0.15) is 0 Å². The van der Waals surface area contributed by atoms with E-state index in [1.54, 1.807) is 19.1 Å². The molecule has 1 aromatic carbocycles. The summed E-state index contributed by atoms with van der Waals surface area (Å²) in [6, 6.07) is 7.54. The van der Waals surface area contributed by atoms with E-state index in [4.69, 9.17) is 9.84 Å². The fourth-order valence-corrected chi connectivity index (χ4v) is 3.07. The van der Waals surface area contributed by atoms with Gasteiger partial charge in [0.2, 0.25) is 11.8 Å². The summed E-state index contributed by atoms with van der Waals surface area (Å²) in [4.78, 5) is 38.7. The van der Waals surface area contributed by atoms with Crippen LogP contribution in [0.1, 0.15) is 24.8 Å². The zero-order valence-corrected chi connectivity index (χ0v) is 15.3. The van der Waals surface area contributed by atoms with Gasteiger partial charge in [-0.1, -0.05) is 12.1 Å². The summed E-state index contributed by atoms with van der Waals surface area (Å²) in [6.45, 7) is 0.748. The molecule has 0 bridgehead atoms. The van der Waals surface area contributed by atoms with Gasteiger partial charge < -0.3 is 19.6 Å². The second-order valence-electron chi connectivity index (χ2n) is 6.62. The summed E-state index contributed by atoms with van der Waals surface area (Å²) < 4.78 is 5.17. The van der Waals surface area contributed by atoms with Gasteiger partial charge in [0.1, 0.15) is 5.75 Å². The molecule has 1 unspecified atom stereocenters. The van der Waals surface area contributed by atoms with Crippen LogP contribution in [0.2, 0.25) is 0 Å². The lowest BCUT2D eigenvalue weighted by molar-refractivity contribution is -0.147. The Hall–Kier alpha value is -2.57. The molecule has 1 aliphatic rings. The Morgan fingerprint density at radius 2 is 2.12 bits per heavy atom. The molecule has 1 atom stereocenters. The van der Waals surface area contributed by atoms with Crippen molar-refractivity contribution in [3.05, 3.63) is 29.8 Å². The molecule has 1 saturated heterocycles. The highest BCUT2D eigenvalue weighted by Crippen LogP contribution is 2.17. The molecule has 142 valence electrons. The van der Waals surface area contributed by atoms with E-state index in [0.717, 1.165) is 11.3 Å². The number of rotatable bonds is 7. The van der Waals surface area contributed by atoms with Crippen LogP contribution >= 0.6 is 0 Å². The number of nitrogens with zero attached hydrogens (tertiary/aromatic N) is 2. The number of carboxylic acids is 1. The van der Waals surface area contributed by atoms with Crippen LogP contribution < -0.4 is 4.74 Å². The number of amides is 2. The molecule has 7 nitrogen and oxygen atoms in total. The third-order valence-corrected chi connectivity index (χ3v) is 4.68. The van der Waals surface area contributed by atoms with Crippen LogP contribution in [0.15, 0.2) is 24.3 Å². The summed E-state index contributed by atoms with van der Waals surface area (Å²) in [5.41, 5.74) is 0.998. The van der Waals surface area contributed by atoms with E-state index in [9.17, 15) is 14.4 Å². The van der Waals surface area contributed by atoms with Gasteiger partial charge in [0.15, 0.2) is 0 Å². The molecule has 0 saturated carbocycles. The number of aryl methyl sites for hydroxylation is 1. The Balaban J connectivity index is 1.82. The topological polar surface area (TPSA) is 87.2 Å². The first kappa shape index (κ1) is 19.8. The molecule has 2 amide bonds. The fraction of sp³-hybridized carbons (Fsp3) is 0.526. The standard InChI is InChI=1S/C19H26N2O5/c1-20(13-18(23)21-10-4-6-15(12-21)19(24)25)17(22)9-8-14-5-3-7-16(11-14)26-2/h3,5,7,11,15H,4,6,8-10,12-13H2,1-2H3,(H,24,25). The summed E-state index contributed by atoms with van der Waals surface area (Å²) >= 11 is 0. The largest absolute Gasteiger partial charge is 0.497 e. The van der Waals surface area contributed by atoms with E-state index in [1.807, 2.05) is 24.3 Å². The number of hydrogen-bond donors (Lipinski definition) is 1. The number of aliphatic carboxylic acids is 1. The second kappa shape index (κ2) is 9.22. The molecule has 0 aliphatic carbocycles. The molecular formula is C19H26N2O5. The maximum atomic E-state index is 12.4. The van der Waals surface area contributed by atoms with Gasteiger partial charge in [-0.05, 0) is 37.0 Å². The maximum Gasteiger partial charge on any atom is 0.308 e. The number of likely N-dealkylation sites (tertiary alicyclic amines) is 1. The molecule has 1 fully saturated rings. The molecule has 1 heterocycles. The average molecular weight is 362 g/mol. The summed E-state index contributed by atoms with van der Waals surface area (Å²) in [5.74, 6) is -0.954. The molecule has 26 heavy (non-hydrogen) atoms. The Kier molecular flexibility index (Phi) is 7.00. The van der Waals surface area contributed by atoms with E-state index in [-0.39, 0.29) is 24.9 Å². The average Bonchev–Trinajstić information content (AvgIpc) is 2.66. The van der Waals surface area contributed by atoms with Gasteiger partial charge in [-0.3, -0.25) is 14.4 Å². The molecule has 1 N–H and O–H groups in total. The van der Waals surface area contributed by atoms with E-state index in [0.29, 0.717) is 32.2 Å². The van der Waals surface area contributed by atoms with Crippen molar-refractivity contribution in [3.63, 3.8) is 0 Å². The van der Waals surface area contributed by atoms with Crippen molar-refractivity contribution in [2.75, 3.05) is 33.8 Å². The summed E-state index contributed by atoms with van der Waals surface area (Å²) in [6.07, 6.45) is 2.14. The summed E-state index contributed by atoms with van der Waals surface area (Å²) in [5, 5.41) is 9.11. The lowest BCUT2D eigenvalue weighted by Crippen LogP contribution is -2.46. The maximum absolute atomic E-state index is 12.4. The zero-order chi connectivity index (χ0) is 19.1. The quantitative estimate of drug-likeness (QED) is 0.792. The fourth-order valence-electron chi connectivity index (χ4n) is 3.07. The van der Waals surface area contributed by atoms with Crippen LogP contribution in [-0.2, 0) is 20.8 Å². The Bertz CT molecular complexity index is 661. The van der Waals surface area contributed by atoms with Crippen LogP contribution in [0.25, 0.3) is 0 Å². The third-order valence-electron chi connectivity index (χ3n) is 4.68. The van der Waals surface area contributed by atoms with Crippen molar-refractivity contribution in [2.45, 2.75) is 25.7 Å². The first-order chi connectivity index (χ1) is 12.4. The van der Waals surface area contributed by atoms with Crippen molar-refractivity contribution in [2.24, 2.45) is 5.92 Å². The number of hydrogen-bond acceptors (Lipinski definition) is 4. The Morgan fingerprint density at radius 1 is 1.35 bits per heavy atom. The smallest absolute Gasteiger partial charge is 0.308 e. The molecular weight excluding hydrogens is 336 g/mol. The van der Waals surface area contributed by atoms with Gasteiger partial charge in [0, 0.05) is 26.6 Å². The second-order valence-corrected chi connectivity index (χ2v) is 6.62. The monoisotopic (exact) mass is 362 g/mol. The number of carbonyl (C=O) groups excluding carboxylic acids is 2. The molecule has 7 heteroatoms. The first-order valence-corrected chi connectivity index (χ1v) is 8.78. The van der Waals surface area contributed by atoms with Crippen LogP contribution in [-0.4, -0.2) is 66.5 Å². The molecule has 0 radical (unpaired) electrons. The van der Waals surface area contributed by atoms with Gasteiger partial charge in [0.05, 0.1) is 19.6 Å². The van der Waals surface area contributed by atoms with Crippen LogP contribution in [0.5, 0.6) is 5.75 Å². The molecule has 0 spiro atoms. The normalized spacial score (nSPS) is 16.8. The van der Waals surface area contributed by atoms with Gasteiger partial charge >= 0.3 is 5.97 Å². The van der Waals surface area contributed by atoms with Crippen LogP contribution in [0.3, 0.4) is 0 Å². The predicted octanol–water partition coefficient (Wildman–Crippen LogP) is 1.41. The summed E-state index contributed by atoms with van der Waals surface area (Å²) in [7, 11) is 3.20. The third kappa shape index (κ3) is 5.47. The van der Waals surface area contributed by atoms with Crippen molar-refractivity contribution in [1.29, 1.82) is 0 Å². The number of likely N-dealkylation sites (N-methyl/N-ethyl adjacent to an activating group) is 1. The Labute approximate surface area is 153 Å². The van der Waals surface area contributed by atoms with Gasteiger partial charge in [-0.15, -0.1) is 0 Å². The molecule has 2 rings (SSSR count). The lowest BCUT2D eigenvalue weighted by Gasteiger charge is -2.32. The number of carbonyl (C=O) groups is 3.